The van der Waals surface area contributed by atoms with E-state index in [-0.39, 0.29) is 39.2 Å². The number of hydrogen-bond acceptors (Lipinski definition) is 5. The van der Waals surface area contributed by atoms with E-state index in [1.165, 1.54) is 46.8 Å². The zero-order chi connectivity index (χ0) is 25.9. The third kappa shape index (κ3) is 5.45. The molecule has 0 aliphatic carbocycles. The Morgan fingerprint density at radius 2 is 1.89 bits per heavy atom. The van der Waals surface area contributed by atoms with Gasteiger partial charge in [0.1, 0.15) is 23.5 Å². The topological polar surface area (TPSA) is 87.7 Å². The van der Waals surface area contributed by atoms with Crippen molar-refractivity contribution in [3.8, 4) is 5.75 Å². The van der Waals surface area contributed by atoms with Crippen molar-refractivity contribution in [3.63, 3.8) is 0 Å². The van der Waals surface area contributed by atoms with E-state index in [4.69, 9.17) is 16.3 Å². The zero-order valence-corrected chi connectivity index (χ0v) is 20.9. The van der Waals surface area contributed by atoms with Crippen LogP contribution in [0.5, 0.6) is 5.75 Å². The van der Waals surface area contributed by atoms with Crippen LogP contribution >= 0.6 is 11.6 Å². The highest BCUT2D eigenvalue weighted by atomic mass is 35.5. The molecule has 1 amide bonds. The van der Waals surface area contributed by atoms with E-state index in [9.17, 15) is 22.0 Å². The summed E-state index contributed by atoms with van der Waals surface area (Å²) in [6, 6.07) is 12.9. The summed E-state index contributed by atoms with van der Waals surface area (Å²) < 4.78 is 61.9. The maximum atomic E-state index is 14.2. The van der Waals surface area contributed by atoms with E-state index >= 15 is 0 Å². The molecule has 0 bridgehead atoms. The molecule has 3 aromatic carbocycles. The minimum Gasteiger partial charge on any atom is -0.485 e. The lowest BCUT2D eigenvalue weighted by Gasteiger charge is -2.36. The number of nitrogens with zero attached hydrogens (tertiary/aromatic N) is 1. The fourth-order valence-electron chi connectivity index (χ4n) is 3.81. The number of rotatable bonds is 8. The number of nitrogens with one attached hydrogen (secondary N) is 2. The van der Waals surface area contributed by atoms with E-state index in [1.54, 1.807) is 0 Å². The van der Waals surface area contributed by atoms with E-state index in [2.05, 4.69) is 10.6 Å². The Morgan fingerprint density at radius 1 is 1.14 bits per heavy atom. The van der Waals surface area contributed by atoms with Gasteiger partial charge in [0.25, 0.3) is 15.9 Å². The van der Waals surface area contributed by atoms with Gasteiger partial charge in [-0.2, -0.15) is 0 Å². The summed E-state index contributed by atoms with van der Waals surface area (Å²) in [6.45, 7) is 3.15. The predicted molar refractivity (Wildman–Crippen MR) is 134 cm³/mol. The van der Waals surface area contributed by atoms with Crippen LogP contribution in [0.2, 0.25) is 5.02 Å². The lowest BCUT2D eigenvalue weighted by molar-refractivity contribution is 0.102. The first-order valence-electron chi connectivity index (χ1n) is 11.3. The summed E-state index contributed by atoms with van der Waals surface area (Å²) >= 11 is 6.00. The van der Waals surface area contributed by atoms with Crippen molar-refractivity contribution in [2.45, 2.75) is 24.3 Å². The summed E-state index contributed by atoms with van der Waals surface area (Å²) in [5, 5.41) is 5.72. The zero-order valence-electron chi connectivity index (χ0n) is 19.3. The number of carbonyl (C=O) groups is 1. The average Bonchev–Trinajstić information content (AvgIpc) is 2.84. The van der Waals surface area contributed by atoms with Crippen molar-refractivity contribution < 1.29 is 26.7 Å². The smallest absolute Gasteiger partial charge is 0.264 e. The van der Waals surface area contributed by atoms with Crippen LogP contribution in [0.1, 0.15) is 23.7 Å². The van der Waals surface area contributed by atoms with Crippen LogP contribution < -0.4 is 19.7 Å². The van der Waals surface area contributed by atoms with Crippen LogP contribution in [-0.2, 0) is 10.0 Å². The molecular weight excluding hydrogens is 512 g/mol. The van der Waals surface area contributed by atoms with Gasteiger partial charge in [0.05, 0.1) is 27.7 Å². The number of carbonyl (C=O) groups excluding carboxylic acids is 1. The summed E-state index contributed by atoms with van der Waals surface area (Å²) in [4.78, 5) is 12.6. The molecule has 1 aliphatic heterocycles. The quantitative estimate of drug-likeness (QED) is 0.404. The van der Waals surface area contributed by atoms with Crippen molar-refractivity contribution >= 4 is 38.9 Å². The summed E-state index contributed by atoms with van der Waals surface area (Å²) in [7, 11) is -4.10. The Balaban J connectivity index is 1.69. The molecule has 0 saturated carbocycles. The Labute approximate surface area is 213 Å². The third-order valence-corrected chi connectivity index (χ3v) is 7.65. The highest BCUT2D eigenvalue weighted by Gasteiger charge is 2.35. The molecule has 1 heterocycles. The molecule has 0 saturated heterocycles. The summed E-state index contributed by atoms with van der Waals surface area (Å²) in [5.41, 5.74) is 0.0676. The number of hydrogen-bond donors (Lipinski definition) is 2. The number of benzene rings is 3. The lowest BCUT2D eigenvalue weighted by Crippen LogP contribution is -2.47. The number of sulfonamides is 1. The SMILES string of the molecule is CCCNCC1CN(S(=O)(=O)c2ccc(F)cc2)c2cc(NC(=O)c3c(F)cccc3Cl)ccc2O1. The van der Waals surface area contributed by atoms with Crippen LogP contribution in [0.15, 0.2) is 65.6 Å². The third-order valence-electron chi connectivity index (χ3n) is 5.54. The van der Waals surface area contributed by atoms with Gasteiger partial charge in [0.2, 0.25) is 0 Å². The van der Waals surface area contributed by atoms with E-state index < -0.39 is 33.7 Å². The molecule has 0 fully saturated rings. The minimum atomic E-state index is -4.10. The number of halogens is 3. The van der Waals surface area contributed by atoms with Crippen LogP contribution in [0, 0.1) is 11.6 Å². The minimum absolute atomic E-state index is 0.0139. The van der Waals surface area contributed by atoms with Crippen LogP contribution in [-0.4, -0.2) is 40.1 Å². The van der Waals surface area contributed by atoms with Gasteiger partial charge in [-0.3, -0.25) is 9.10 Å². The molecule has 7 nitrogen and oxygen atoms in total. The summed E-state index contributed by atoms with van der Waals surface area (Å²) in [6.07, 6.45) is 0.410. The van der Waals surface area contributed by atoms with Crippen molar-refractivity contribution in [1.82, 2.24) is 5.32 Å². The van der Waals surface area contributed by atoms with Gasteiger partial charge in [0.15, 0.2) is 0 Å². The van der Waals surface area contributed by atoms with Gasteiger partial charge < -0.3 is 15.4 Å². The second-order valence-corrected chi connectivity index (χ2v) is 10.4. The number of ether oxygens (including phenoxy) is 1. The average molecular weight is 536 g/mol. The molecule has 11 heteroatoms. The number of amides is 1. The molecule has 190 valence electrons. The second kappa shape index (κ2) is 10.8. The lowest BCUT2D eigenvalue weighted by atomic mass is 10.1. The fourth-order valence-corrected chi connectivity index (χ4v) is 5.55. The van der Waals surface area contributed by atoms with Gasteiger partial charge in [0, 0.05) is 12.2 Å². The molecule has 0 radical (unpaired) electrons. The maximum Gasteiger partial charge on any atom is 0.264 e. The number of anilines is 2. The highest BCUT2D eigenvalue weighted by molar-refractivity contribution is 7.92. The van der Waals surface area contributed by atoms with Crippen LogP contribution in [0.4, 0.5) is 20.2 Å². The van der Waals surface area contributed by atoms with Crippen molar-refractivity contribution in [2.24, 2.45) is 0 Å². The van der Waals surface area contributed by atoms with E-state index in [0.29, 0.717) is 6.54 Å². The summed E-state index contributed by atoms with van der Waals surface area (Å²) in [5.74, 6) is -1.85. The number of fused-ring (bicyclic) bond motifs is 1. The molecule has 0 spiro atoms. The molecule has 0 aromatic heterocycles. The molecular formula is C25H24ClF2N3O4S. The fraction of sp³-hybridized carbons (Fsp3) is 0.240. The Morgan fingerprint density at radius 3 is 2.58 bits per heavy atom. The van der Waals surface area contributed by atoms with Crippen LogP contribution in [0.3, 0.4) is 0 Å². The monoisotopic (exact) mass is 535 g/mol. The Kier molecular flexibility index (Phi) is 7.77. The van der Waals surface area contributed by atoms with Gasteiger partial charge in [-0.25, -0.2) is 17.2 Å². The predicted octanol–water partition coefficient (Wildman–Crippen LogP) is 4.83. The van der Waals surface area contributed by atoms with Crippen LogP contribution in [0.25, 0.3) is 0 Å². The van der Waals surface area contributed by atoms with Gasteiger partial charge in [-0.05, 0) is 67.6 Å². The molecule has 2 N–H and O–H groups in total. The molecule has 4 rings (SSSR count). The van der Waals surface area contributed by atoms with Gasteiger partial charge >= 0.3 is 0 Å². The normalized spacial score (nSPS) is 15.2. The van der Waals surface area contributed by atoms with E-state index in [1.807, 2.05) is 6.92 Å². The first kappa shape index (κ1) is 25.9. The first-order chi connectivity index (χ1) is 17.2. The molecule has 3 aromatic rings. The van der Waals surface area contributed by atoms with Crippen molar-refractivity contribution in [3.05, 3.63) is 82.9 Å². The van der Waals surface area contributed by atoms with Gasteiger partial charge in [-0.1, -0.05) is 24.6 Å². The van der Waals surface area contributed by atoms with Gasteiger partial charge in [-0.15, -0.1) is 0 Å². The standard InChI is InChI=1S/C25H24ClF2N3O4S/c1-2-12-29-14-18-15-31(36(33,34)19-9-6-16(27)7-10-19)22-13-17(8-11-23(22)35-18)30-25(32)24-20(26)4-3-5-21(24)28/h3-11,13,18,29H,2,12,14-15H2,1H3,(H,30,32). The Bertz CT molecular complexity index is 1350. The molecule has 1 unspecified atom stereocenters. The molecule has 36 heavy (non-hydrogen) atoms. The largest absolute Gasteiger partial charge is 0.485 e. The highest BCUT2D eigenvalue weighted by Crippen LogP contribution is 2.39. The second-order valence-electron chi connectivity index (χ2n) is 8.17. The first-order valence-corrected chi connectivity index (χ1v) is 13.1. The Hall–Kier alpha value is -3.21. The van der Waals surface area contributed by atoms with E-state index in [0.717, 1.165) is 31.2 Å². The molecule has 1 aliphatic rings. The molecule has 1 atom stereocenters. The maximum absolute atomic E-state index is 14.2. The van der Waals surface area contributed by atoms with Crippen molar-refractivity contribution in [1.29, 1.82) is 0 Å². The van der Waals surface area contributed by atoms with Crippen molar-refractivity contribution in [2.75, 3.05) is 29.3 Å².